The second-order valence-corrected chi connectivity index (χ2v) is 7.00. The van der Waals surface area contributed by atoms with E-state index in [4.69, 9.17) is 9.26 Å². The zero-order valence-electron chi connectivity index (χ0n) is 14.2. The number of piperidine rings is 1. The number of aromatic nitrogens is 2. The minimum Gasteiger partial charge on any atom is -0.378 e. The summed E-state index contributed by atoms with van der Waals surface area (Å²) < 4.78 is 10.9. The summed E-state index contributed by atoms with van der Waals surface area (Å²) in [7, 11) is 0. The molecule has 0 aliphatic carbocycles. The zero-order chi connectivity index (χ0) is 16.2. The normalized spacial score (nSPS) is 25.3. The van der Waals surface area contributed by atoms with Crippen LogP contribution in [0.3, 0.4) is 0 Å². The van der Waals surface area contributed by atoms with E-state index in [0.29, 0.717) is 18.9 Å². The van der Waals surface area contributed by atoms with Crippen molar-refractivity contribution in [2.45, 2.75) is 70.3 Å². The van der Waals surface area contributed by atoms with E-state index in [1.54, 1.807) is 0 Å². The van der Waals surface area contributed by atoms with Crippen LogP contribution >= 0.6 is 0 Å². The molecule has 0 N–H and O–H groups in total. The number of nitrogens with zero attached hydrogens (tertiary/aromatic N) is 3. The number of amides is 1. The van der Waals surface area contributed by atoms with E-state index in [1.165, 1.54) is 0 Å². The summed E-state index contributed by atoms with van der Waals surface area (Å²) in [4.78, 5) is 18.9. The van der Waals surface area contributed by atoms with Gasteiger partial charge < -0.3 is 14.2 Å². The Labute approximate surface area is 137 Å². The molecule has 23 heavy (non-hydrogen) atoms. The Bertz CT molecular complexity index is 523. The van der Waals surface area contributed by atoms with E-state index >= 15 is 0 Å². The van der Waals surface area contributed by atoms with Crippen molar-refractivity contribution < 1.29 is 14.1 Å². The molecular formula is C17H27N3O3. The van der Waals surface area contributed by atoms with E-state index in [2.05, 4.69) is 10.1 Å². The van der Waals surface area contributed by atoms with Crippen molar-refractivity contribution >= 4 is 5.91 Å². The molecule has 6 heteroatoms. The molecule has 0 bridgehead atoms. The molecule has 0 radical (unpaired) electrons. The third-order valence-electron chi connectivity index (χ3n) is 4.79. The molecule has 2 aliphatic rings. The van der Waals surface area contributed by atoms with Crippen LogP contribution in [0.15, 0.2) is 4.52 Å². The molecule has 2 atom stereocenters. The van der Waals surface area contributed by atoms with Crippen LogP contribution in [0.4, 0.5) is 0 Å². The van der Waals surface area contributed by atoms with Gasteiger partial charge in [0, 0.05) is 38.0 Å². The minimum atomic E-state index is 0.201. The summed E-state index contributed by atoms with van der Waals surface area (Å²) in [5.74, 6) is 2.11. The molecule has 6 nitrogen and oxygen atoms in total. The maximum Gasteiger partial charge on any atom is 0.229 e. The second kappa shape index (κ2) is 7.43. The smallest absolute Gasteiger partial charge is 0.229 e. The Morgan fingerprint density at radius 2 is 2.22 bits per heavy atom. The summed E-state index contributed by atoms with van der Waals surface area (Å²) in [5.41, 5.74) is 0. The molecule has 2 saturated heterocycles. The van der Waals surface area contributed by atoms with Gasteiger partial charge in [-0.1, -0.05) is 19.0 Å². The summed E-state index contributed by atoms with van der Waals surface area (Å²) in [6, 6.07) is 0. The molecule has 2 fully saturated rings. The highest BCUT2D eigenvalue weighted by Gasteiger charge is 2.28. The van der Waals surface area contributed by atoms with Crippen LogP contribution in [0.25, 0.3) is 0 Å². The van der Waals surface area contributed by atoms with Crippen LogP contribution < -0.4 is 0 Å². The average molecular weight is 321 g/mol. The Morgan fingerprint density at radius 1 is 1.35 bits per heavy atom. The molecular weight excluding hydrogens is 294 g/mol. The summed E-state index contributed by atoms with van der Waals surface area (Å²) in [6.45, 7) is 6.48. The lowest BCUT2D eigenvalue weighted by Crippen LogP contribution is -2.39. The summed E-state index contributed by atoms with van der Waals surface area (Å²) >= 11 is 0. The molecule has 0 saturated carbocycles. The van der Waals surface area contributed by atoms with Gasteiger partial charge in [-0.15, -0.1) is 0 Å². The third-order valence-corrected chi connectivity index (χ3v) is 4.79. The van der Waals surface area contributed by atoms with E-state index in [-0.39, 0.29) is 23.8 Å². The van der Waals surface area contributed by atoms with Gasteiger partial charge in [0.1, 0.15) is 0 Å². The number of carbonyl (C=O) groups excluding carboxylic acids is 1. The van der Waals surface area contributed by atoms with Crippen molar-refractivity contribution in [3.05, 3.63) is 11.7 Å². The Morgan fingerprint density at radius 3 is 2.91 bits per heavy atom. The van der Waals surface area contributed by atoms with Crippen molar-refractivity contribution in [3.63, 3.8) is 0 Å². The van der Waals surface area contributed by atoms with Gasteiger partial charge in [0.25, 0.3) is 0 Å². The van der Waals surface area contributed by atoms with Crippen LogP contribution in [0.5, 0.6) is 0 Å². The van der Waals surface area contributed by atoms with Gasteiger partial charge in [-0.3, -0.25) is 4.79 Å². The van der Waals surface area contributed by atoms with E-state index in [1.807, 2.05) is 18.7 Å². The first-order chi connectivity index (χ1) is 11.1. The largest absolute Gasteiger partial charge is 0.378 e. The lowest BCUT2D eigenvalue weighted by atomic mass is 9.96. The predicted molar refractivity (Wildman–Crippen MR) is 85.2 cm³/mol. The van der Waals surface area contributed by atoms with Crippen molar-refractivity contribution in [3.8, 4) is 0 Å². The molecule has 0 spiro atoms. The predicted octanol–water partition coefficient (Wildman–Crippen LogP) is 2.86. The third kappa shape index (κ3) is 4.10. The number of carbonyl (C=O) groups is 1. The quantitative estimate of drug-likeness (QED) is 0.834. The maximum absolute atomic E-state index is 12.5. The van der Waals surface area contributed by atoms with Gasteiger partial charge in [-0.2, -0.15) is 4.98 Å². The molecule has 3 rings (SSSR count). The molecule has 1 amide bonds. The number of hydrogen-bond donors (Lipinski definition) is 0. The Balaban J connectivity index is 1.53. The second-order valence-electron chi connectivity index (χ2n) is 7.00. The molecule has 1 aromatic rings. The molecule has 1 aromatic heterocycles. The number of ether oxygens (including phenoxy) is 1. The number of likely N-dealkylation sites (tertiary alicyclic amines) is 1. The van der Waals surface area contributed by atoms with Crippen molar-refractivity contribution in [1.82, 2.24) is 15.0 Å². The van der Waals surface area contributed by atoms with Gasteiger partial charge in [-0.05, 0) is 32.1 Å². The molecule has 128 valence electrons. The standard InChI is InChI=1S/C17H27N3O3/c1-12(2)17-18-16(19-23-17)13-5-3-9-20(11-13)15(21)8-7-14-6-4-10-22-14/h12-14H,3-11H2,1-2H3/t13-,14+/m0/s1. The van der Waals surface area contributed by atoms with Gasteiger partial charge in [-0.25, -0.2) is 0 Å². The first-order valence-corrected chi connectivity index (χ1v) is 8.86. The fourth-order valence-corrected chi connectivity index (χ4v) is 3.38. The SMILES string of the molecule is CC(C)c1nc([C@H]2CCCN(C(=O)CC[C@H]3CCCO3)C2)no1. The topological polar surface area (TPSA) is 68.5 Å². The molecule has 3 heterocycles. The zero-order valence-corrected chi connectivity index (χ0v) is 14.2. The van der Waals surface area contributed by atoms with E-state index in [0.717, 1.165) is 51.1 Å². The molecule has 0 unspecified atom stereocenters. The van der Waals surface area contributed by atoms with Gasteiger partial charge in [0.05, 0.1) is 6.10 Å². The van der Waals surface area contributed by atoms with Gasteiger partial charge in [0.15, 0.2) is 5.82 Å². The van der Waals surface area contributed by atoms with E-state index in [9.17, 15) is 4.79 Å². The summed E-state index contributed by atoms with van der Waals surface area (Å²) in [6.07, 6.45) is 5.96. The highest BCUT2D eigenvalue weighted by molar-refractivity contribution is 5.76. The van der Waals surface area contributed by atoms with Gasteiger partial charge >= 0.3 is 0 Å². The fourth-order valence-electron chi connectivity index (χ4n) is 3.38. The molecule has 0 aromatic carbocycles. The lowest BCUT2D eigenvalue weighted by molar-refractivity contribution is -0.133. The monoisotopic (exact) mass is 321 g/mol. The van der Waals surface area contributed by atoms with Crippen LogP contribution in [-0.4, -0.2) is 46.7 Å². The number of rotatable bonds is 5. The van der Waals surface area contributed by atoms with Crippen molar-refractivity contribution in [1.29, 1.82) is 0 Å². The van der Waals surface area contributed by atoms with Gasteiger partial charge in [0.2, 0.25) is 11.8 Å². The highest BCUT2D eigenvalue weighted by Crippen LogP contribution is 2.27. The minimum absolute atomic E-state index is 0.201. The van der Waals surface area contributed by atoms with Crippen LogP contribution in [-0.2, 0) is 9.53 Å². The van der Waals surface area contributed by atoms with Crippen LogP contribution in [0.2, 0.25) is 0 Å². The number of hydrogen-bond acceptors (Lipinski definition) is 5. The van der Waals surface area contributed by atoms with Crippen LogP contribution in [0.1, 0.15) is 75.9 Å². The highest BCUT2D eigenvalue weighted by atomic mass is 16.5. The average Bonchev–Trinajstić information content (AvgIpc) is 3.24. The first-order valence-electron chi connectivity index (χ1n) is 8.86. The van der Waals surface area contributed by atoms with Crippen LogP contribution in [0, 0.1) is 0 Å². The maximum atomic E-state index is 12.5. The lowest BCUT2D eigenvalue weighted by Gasteiger charge is -2.31. The molecule has 2 aliphatic heterocycles. The fraction of sp³-hybridized carbons (Fsp3) is 0.824. The summed E-state index contributed by atoms with van der Waals surface area (Å²) in [5, 5.41) is 4.12. The van der Waals surface area contributed by atoms with E-state index < -0.39 is 0 Å². The Hall–Kier alpha value is -1.43. The Kier molecular flexibility index (Phi) is 5.30. The van der Waals surface area contributed by atoms with Crippen molar-refractivity contribution in [2.75, 3.05) is 19.7 Å². The van der Waals surface area contributed by atoms with Crippen molar-refractivity contribution in [2.24, 2.45) is 0 Å². The first kappa shape index (κ1) is 16.4.